The van der Waals surface area contributed by atoms with Crippen LogP contribution in [0.2, 0.25) is 0 Å². The third-order valence-corrected chi connectivity index (χ3v) is 9.60. The van der Waals surface area contributed by atoms with Crippen LogP contribution in [-0.4, -0.2) is 89.0 Å². The second-order valence-electron chi connectivity index (χ2n) is 12.2. The van der Waals surface area contributed by atoms with E-state index in [1.54, 1.807) is 6.07 Å². The van der Waals surface area contributed by atoms with Gasteiger partial charge in [0.05, 0.1) is 17.8 Å². The number of benzene rings is 1. The minimum atomic E-state index is -0.933. The number of hydrogen-bond donors (Lipinski definition) is 3. The maximum absolute atomic E-state index is 13.4. The van der Waals surface area contributed by atoms with Crippen molar-refractivity contribution in [3.05, 3.63) is 29.3 Å². The highest BCUT2D eigenvalue weighted by Crippen LogP contribution is 2.62. The zero-order chi connectivity index (χ0) is 24.4. The number of piperidine rings is 1. The molecule has 5 aliphatic rings. The Bertz CT molecular complexity index is 973. The number of aliphatic hydroxyl groups is 1. The number of hydrogen-bond acceptors (Lipinski definition) is 6. The summed E-state index contributed by atoms with van der Waals surface area (Å²) >= 11 is 0. The smallest absolute Gasteiger partial charge is 0.223 e. The van der Waals surface area contributed by atoms with Gasteiger partial charge in [-0.25, -0.2) is 0 Å². The van der Waals surface area contributed by atoms with Gasteiger partial charge < -0.3 is 20.3 Å². The number of likely N-dealkylation sites (tertiary alicyclic amines) is 1. The van der Waals surface area contributed by atoms with Gasteiger partial charge in [0.25, 0.3) is 0 Å². The highest BCUT2D eigenvalue weighted by atomic mass is 16.5. The predicted octanol–water partition coefficient (Wildman–Crippen LogP) is 2.04. The first kappa shape index (κ1) is 23.7. The topological polar surface area (TPSA) is 85.3 Å². The molecule has 2 heterocycles. The monoisotopic (exact) mass is 483 g/mol. The molecule has 1 aromatic carbocycles. The third kappa shape index (κ3) is 4.08. The van der Waals surface area contributed by atoms with Gasteiger partial charge in [0.2, 0.25) is 5.91 Å². The maximum Gasteiger partial charge on any atom is 0.223 e. The highest BCUT2D eigenvalue weighted by Gasteiger charge is 2.68. The summed E-state index contributed by atoms with van der Waals surface area (Å²) in [6.45, 7) is 9.44. The van der Waals surface area contributed by atoms with Gasteiger partial charge >= 0.3 is 0 Å². The number of phenols is 1. The average Bonchev–Trinajstić information content (AvgIpc) is 3.54. The van der Waals surface area contributed by atoms with Crippen LogP contribution in [0.3, 0.4) is 0 Å². The van der Waals surface area contributed by atoms with Crippen LogP contribution in [0.15, 0.2) is 18.2 Å². The molecule has 7 heteroatoms. The molecule has 6 rings (SSSR count). The lowest BCUT2D eigenvalue weighted by molar-refractivity contribution is -0.134. The van der Waals surface area contributed by atoms with E-state index >= 15 is 0 Å². The van der Waals surface area contributed by atoms with Gasteiger partial charge in [0.15, 0.2) is 0 Å². The fourth-order valence-corrected chi connectivity index (χ4v) is 7.96. The molecule has 35 heavy (non-hydrogen) atoms. The Labute approximate surface area is 208 Å². The molecule has 2 saturated heterocycles. The van der Waals surface area contributed by atoms with Crippen LogP contribution in [0, 0.1) is 11.8 Å². The average molecular weight is 484 g/mol. The van der Waals surface area contributed by atoms with E-state index in [4.69, 9.17) is 4.74 Å². The number of carbonyl (C=O) groups excluding carboxylic acids is 1. The summed E-state index contributed by atoms with van der Waals surface area (Å²) in [6, 6.07) is 5.72. The predicted molar refractivity (Wildman–Crippen MR) is 133 cm³/mol. The molecular weight excluding hydrogens is 442 g/mol. The molecule has 6 atom stereocenters. The summed E-state index contributed by atoms with van der Waals surface area (Å²) in [6.07, 6.45) is 5.83. The zero-order valence-electron chi connectivity index (χ0n) is 21.2. The van der Waals surface area contributed by atoms with E-state index in [0.29, 0.717) is 19.4 Å². The number of fused-ring (bicyclic) bond motifs is 1. The Morgan fingerprint density at radius 3 is 2.71 bits per heavy atom. The minimum absolute atomic E-state index is 0.0445. The molecule has 3 N–H and O–H groups in total. The van der Waals surface area contributed by atoms with E-state index < -0.39 is 11.0 Å². The van der Waals surface area contributed by atoms with Gasteiger partial charge in [0, 0.05) is 50.1 Å². The van der Waals surface area contributed by atoms with Gasteiger partial charge in [-0.05, 0) is 88.1 Å². The van der Waals surface area contributed by atoms with Crippen molar-refractivity contribution in [1.29, 1.82) is 0 Å². The molecule has 0 aromatic heterocycles. The number of amides is 1. The Hall–Kier alpha value is -1.67. The minimum Gasteiger partial charge on any atom is -0.508 e. The molecule has 0 spiro atoms. The second-order valence-corrected chi connectivity index (χ2v) is 12.2. The number of phenolic OH excluding ortho intramolecular Hbond substituents is 1. The highest BCUT2D eigenvalue weighted by molar-refractivity contribution is 5.80. The van der Waals surface area contributed by atoms with Crippen molar-refractivity contribution in [2.45, 2.75) is 81.6 Å². The van der Waals surface area contributed by atoms with E-state index in [9.17, 15) is 15.0 Å². The standard InChI is InChI=1S/C28H41N3O4/c1-18-15-30(16-19(2)35-18)10-8-29-26(33)22-13-27-7-9-31(17-20-3-4-20)25(28(27,34)14-22)11-21-5-6-23(32)12-24(21)27/h5-6,12,18-20,22,25,32,34H,3-4,7-11,13-17H2,1-2H3,(H,29,33)/t18-,19+,22-,25+,27+,28+/m0/s1. The molecule has 7 nitrogen and oxygen atoms in total. The number of aromatic hydroxyl groups is 1. The number of nitrogens with one attached hydrogen (secondary N) is 1. The van der Waals surface area contributed by atoms with Gasteiger partial charge in [-0.2, -0.15) is 0 Å². The lowest BCUT2D eigenvalue weighted by atomic mass is 9.56. The van der Waals surface area contributed by atoms with Crippen molar-refractivity contribution < 1.29 is 19.7 Å². The van der Waals surface area contributed by atoms with Crippen LogP contribution >= 0.6 is 0 Å². The van der Waals surface area contributed by atoms with Crippen molar-refractivity contribution in [3.63, 3.8) is 0 Å². The lowest BCUT2D eigenvalue weighted by Gasteiger charge is -2.59. The summed E-state index contributed by atoms with van der Waals surface area (Å²) in [5.41, 5.74) is 0.919. The van der Waals surface area contributed by atoms with Crippen molar-refractivity contribution in [2.24, 2.45) is 11.8 Å². The quantitative estimate of drug-likeness (QED) is 0.574. The number of rotatable bonds is 6. The molecule has 4 fully saturated rings. The molecule has 2 aliphatic heterocycles. The van der Waals surface area contributed by atoms with Crippen molar-refractivity contribution in [1.82, 2.24) is 15.1 Å². The number of ether oxygens (including phenoxy) is 1. The van der Waals surface area contributed by atoms with E-state index in [0.717, 1.165) is 57.0 Å². The normalized spacial score (nSPS) is 39.2. The molecule has 192 valence electrons. The first-order chi connectivity index (χ1) is 16.8. The largest absolute Gasteiger partial charge is 0.508 e. The van der Waals surface area contributed by atoms with E-state index in [-0.39, 0.29) is 35.8 Å². The van der Waals surface area contributed by atoms with Gasteiger partial charge in [-0.1, -0.05) is 6.07 Å². The summed E-state index contributed by atoms with van der Waals surface area (Å²) in [7, 11) is 0. The first-order valence-electron chi connectivity index (χ1n) is 13.7. The fraction of sp³-hybridized carbons (Fsp3) is 0.750. The molecule has 3 aliphatic carbocycles. The second kappa shape index (κ2) is 8.72. The SMILES string of the molecule is C[C@@H]1CN(CCNC(=O)[C@H]2C[C@]34CCN(CC5CC5)[C@H](Cc5ccc(O)cc53)[C@]4(O)C2)C[C@H](C)O1. The third-order valence-electron chi connectivity index (χ3n) is 9.60. The molecule has 1 amide bonds. The van der Waals surface area contributed by atoms with Crippen LogP contribution in [0.25, 0.3) is 0 Å². The van der Waals surface area contributed by atoms with Crippen molar-refractivity contribution in [2.75, 3.05) is 39.3 Å². The van der Waals surface area contributed by atoms with Crippen LogP contribution in [-0.2, 0) is 21.4 Å². The summed E-state index contributed by atoms with van der Waals surface area (Å²) < 4.78 is 5.82. The Balaban J connectivity index is 1.20. The van der Waals surface area contributed by atoms with Crippen LogP contribution in [0.4, 0.5) is 0 Å². The van der Waals surface area contributed by atoms with Crippen molar-refractivity contribution >= 4 is 5.91 Å². The zero-order valence-corrected chi connectivity index (χ0v) is 21.2. The lowest BCUT2D eigenvalue weighted by Crippen LogP contribution is -2.69. The van der Waals surface area contributed by atoms with Gasteiger partial charge in [0.1, 0.15) is 5.75 Å². The molecule has 2 bridgehead atoms. The van der Waals surface area contributed by atoms with E-state index in [1.807, 2.05) is 12.1 Å². The van der Waals surface area contributed by atoms with Gasteiger partial charge in [-0.15, -0.1) is 0 Å². The Morgan fingerprint density at radius 1 is 1.20 bits per heavy atom. The molecule has 0 unspecified atom stereocenters. The summed E-state index contributed by atoms with van der Waals surface area (Å²) in [5.74, 6) is 0.872. The first-order valence-corrected chi connectivity index (χ1v) is 13.7. The number of carbonyl (C=O) groups is 1. The van der Waals surface area contributed by atoms with Crippen LogP contribution in [0.1, 0.15) is 57.1 Å². The number of morpholine rings is 1. The molecule has 0 radical (unpaired) electrons. The van der Waals surface area contributed by atoms with Crippen molar-refractivity contribution in [3.8, 4) is 5.75 Å². The molecule has 2 saturated carbocycles. The molecule has 1 aromatic rings. The number of nitrogens with zero attached hydrogens (tertiary/aromatic N) is 2. The van der Waals surface area contributed by atoms with Gasteiger partial charge in [-0.3, -0.25) is 14.6 Å². The van der Waals surface area contributed by atoms with Crippen LogP contribution < -0.4 is 5.32 Å². The Morgan fingerprint density at radius 2 is 1.97 bits per heavy atom. The van der Waals surface area contributed by atoms with E-state index in [2.05, 4.69) is 29.0 Å². The molecular formula is C28H41N3O4. The summed E-state index contributed by atoms with van der Waals surface area (Å²) in [4.78, 5) is 18.3. The fourth-order valence-electron chi connectivity index (χ4n) is 7.96. The van der Waals surface area contributed by atoms with Crippen LogP contribution in [0.5, 0.6) is 5.75 Å². The maximum atomic E-state index is 13.4. The van der Waals surface area contributed by atoms with E-state index in [1.165, 1.54) is 18.4 Å². The summed E-state index contributed by atoms with van der Waals surface area (Å²) in [5, 5.41) is 25.9. The Kier molecular flexibility index (Phi) is 5.91.